The number of thiophene rings is 1. The first-order chi connectivity index (χ1) is 13.8. The predicted octanol–water partition coefficient (Wildman–Crippen LogP) is 4.83. The summed E-state index contributed by atoms with van der Waals surface area (Å²) in [5.41, 5.74) is 1.60. The molecule has 1 unspecified atom stereocenters. The predicted molar refractivity (Wildman–Crippen MR) is 119 cm³/mol. The molecule has 29 heavy (non-hydrogen) atoms. The zero-order valence-electron chi connectivity index (χ0n) is 16.8. The molecule has 0 aliphatic carbocycles. The van der Waals surface area contributed by atoms with Crippen molar-refractivity contribution in [3.8, 4) is 0 Å². The third-order valence-electron chi connectivity index (χ3n) is 4.36. The largest absolute Gasteiger partial charge is 0.348 e. The maximum atomic E-state index is 12.7. The molecule has 152 valence electrons. The molecular weight excluding hydrogens is 402 g/mol. The summed E-state index contributed by atoms with van der Waals surface area (Å²) in [6.07, 6.45) is 0.508. The number of carbonyl (C=O) groups is 2. The van der Waals surface area contributed by atoms with Crippen LogP contribution in [0.3, 0.4) is 0 Å². The number of rotatable bonds is 7. The zero-order chi connectivity index (χ0) is 20.9. The van der Waals surface area contributed by atoms with Crippen molar-refractivity contribution >= 4 is 39.6 Å². The van der Waals surface area contributed by atoms with Crippen LogP contribution in [0.25, 0.3) is 0 Å². The van der Waals surface area contributed by atoms with E-state index in [4.69, 9.17) is 0 Å². The van der Waals surface area contributed by atoms with E-state index in [1.807, 2.05) is 53.2 Å². The topological polar surface area (TPSA) is 71.1 Å². The summed E-state index contributed by atoms with van der Waals surface area (Å²) in [5, 5.41) is 10.2. The van der Waals surface area contributed by atoms with Crippen molar-refractivity contribution in [3.05, 3.63) is 69.4 Å². The van der Waals surface area contributed by atoms with Crippen LogP contribution in [0.5, 0.6) is 0 Å². The number of thiazole rings is 1. The number of nitrogens with zero attached hydrogens (tertiary/aromatic N) is 1. The van der Waals surface area contributed by atoms with Crippen molar-refractivity contribution in [2.75, 3.05) is 5.32 Å². The Morgan fingerprint density at radius 2 is 1.76 bits per heavy atom. The van der Waals surface area contributed by atoms with Crippen LogP contribution in [0, 0.1) is 5.41 Å². The van der Waals surface area contributed by atoms with Gasteiger partial charge in [0.2, 0.25) is 11.8 Å². The Labute approximate surface area is 179 Å². The van der Waals surface area contributed by atoms with Crippen LogP contribution in [0.4, 0.5) is 5.13 Å². The van der Waals surface area contributed by atoms with E-state index < -0.39 is 0 Å². The van der Waals surface area contributed by atoms with E-state index in [2.05, 4.69) is 36.4 Å². The lowest BCUT2D eigenvalue weighted by atomic mass is 9.82. The molecule has 2 heterocycles. The summed E-state index contributed by atoms with van der Waals surface area (Å²) in [5.74, 6) is -0.190. The van der Waals surface area contributed by atoms with Crippen molar-refractivity contribution in [1.82, 2.24) is 10.3 Å². The average Bonchev–Trinajstić information content (AvgIpc) is 3.31. The highest BCUT2D eigenvalue weighted by Gasteiger charge is 2.27. The SMILES string of the molecule is CC(C)(C)C(NC(=O)Cc1csc(NC(=O)Cc2cccs2)n1)c1ccccc1. The van der Waals surface area contributed by atoms with E-state index in [1.54, 1.807) is 11.3 Å². The third-order valence-corrected chi connectivity index (χ3v) is 6.04. The van der Waals surface area contributed by atoms with Crippen molar-refractivity contribution in [1.29, 1.82) is 0 Å². The Morgan fingerprint density at radius 1 is 1.00 bits per heavy atom. The fraction of sp³-hybridized carbons (Fsp3) is 0.318. The van der Waals surface area contributed by atoms with Crippen LogP contribution in [-0.2, 0) is 22.4 Å². The summed E-state index contributed by atoms with van der Waals surface area (Å²) < 4.78 is 0. The van der Waals surface area contributed by atoms with Crippen LogP contribution < -0.4 is 10.6 Å². The van der Waals surface area contributed by atoms with Gasteiger partial charge >= 0.3 is 0 Å². The molecule has 1 aromatic carbocycles. The fourth-order valence-corrected chi connectivity index (χ4v) is 4.43. The molecule has 0 fully saturated rings. The van der Waals surface area contributed by atoms with Gasteiger partial charge in [0.1, 0.15) is 0 Å². The van der Waals surface area contributed by atoms with Crippen LogP contribution >= 0.6 is 22.7 Å². The standard InChI is InChI=1S/C22H25N3O2S2/c1-22(2,3)20(15-8-5-4-6-9-15)24-18(26)12-16-14-29-21(23-16)25-19(27)13-17-10-7-11-28-17/h4-11,14,20H,12-13H2,1-3H3,(H,24,26)(H,23,25,27). The van der Waals surface area contributed by atoms with Gasteiger partial charge in [-0.1, -0.05) is 57.2 Å². The molecule has 1 atom stereocenters. The van der Waals surface area contributed by atoms with E-state index in [9.17, 15) is 9.59 Å². The van der Waals surface area contributed by atoms with E-state index in [0.29, 0.717) is 17.2 Å². The monoisotopic (exact) mass is 427 g/mol. The number of benzene rings is 1. The Hall–Kier alpha value is -2.51. The first-order valence-electron chi connectivity index (χ1n) is 9.42. The van der Waals surface area contributed by atoms with Gasteiger partial charge in [0.05, 0.1) is 24.6 Å². The number of hydrogen-bond donors (Lipinski definition) is 2. The molecule has 0 bridgehead atoms. The third kappa shape index (κ3) is 6.24. The van der Waals surface area contributed by atoms with Crippen molar-refractivity contribution in [2.45, 2.75) is 39.7 Å². The molecule has 5 nitrogen and oxygen atoms in total. The van der Waals surface area contributed by atoms with Gasteiger partial charge in [-0.2, -0.15) is 0 Å². The van der Waals surface area contributed by atoms with E-state index in [1.165, 1.54) is 11.3 Å². The smallest absolute Gasteiger partial charge is 0.231 e. The quantitative estimate of drug-likeness (QED) is 0.567. The Balaban J connectivity index is 1.58. The van der Waals surface area contributed by atoms with Crippen LogP contribution in [0.15, 0.2) is 53.2 Å². The first-order valence-corrected chi connectivity index (χ1v) is 11.2. The second-order valence-corrected chi connectivity index (χ2v) is 9.79. The van der Waals surface area contributed by atoms with E-state index in [-0.39, 0.29) is 29.7 Å². The summed E-state index contributed by atoms with van der Waals surface area (Å²) in [6, 6.07) is 13.7. The summed E-state index contributed by atoms with van der Waals surface area (Å²) >= 11 is 2.88. The molecule has 0 aliphatic rings. The first kappa shape index (κ1) is 21.2. The van der Waals surface area contributed by atoms with Gasteiger partial charge in [-0.3, -0.25) is 9.59 Å². The second-order valence-electron chi connectivity index (χ2n) is 7.90. The minimum atomic E-state index is -0.125. The van der Waals surface area contributed by atoms with Gasteiger partial charge in [-0.05, 0) is 22.4 Å². The van der Waals surface area contributed by atoms with Gasteiger partial charge in [-0.15, -0.1) is 22.7 Å². The van der Waals surface area contributed by atoms with Crippen LogP contribution in [-0.4, -0.2) is 16.8 Å². The summed E-state index contributed by atoms with van der Waals surface area (Å²) in [7, 11) is 0. The molecule has 2 N–H and O–H groups in total. The van der Waals surface area contributed by atoms with Gasteiger partial charge in [0.25, 0.3) is 0 Å². The zero-order valence-corrected chi connectivity index (χ0v) is 18.4. The van der Waals surface area contributed by atoms with Gasteiger partial charge in [-0.25, -0.2) is 4.98 Å². The molecule has 2 aromatic heterocycles. The number of carbonyl (C=O) groups excluding carboxylic acids is 2. The van der Waals surface area contributed by atoms with Crippen LogP contribution in [0.1, 0.15) is 42.9 Å². The van der Waals surface area contributed by atoms with Gasteiger partial charge in [0, 0.05) is 10.3 Å². The second kappa shape index (κ2) is 9.33. The summed E-state index contributed by atoms with van der Waals surface area (Å²) in [6.45, 7) is 6.32. The minimum absolute atomic E-state index is 0.0875. The molecule has 3 rings (SSSR count). The van der Waals surface area contributed by atoms with E-state index >= 15 is 0 Å². The molecule has 2 amide bonds. The highest BCUT2D eigenvalue weighted by molar-refractivity contribution is 7.14. The minimum Gasteiger partial charge on any atom is -0.348 e. The number of amides is 2. The highest BCUT2D eigenvalue weighted by atomic mass is 32.1. The Bertz CT molecular complexity index is 944. The van der Waals surface area contributed by atoms with Crippen LogP contribution in [0.2, 0.25) is 0 Å². The lowest BCUT2D eigenvalue weighted by Crippen LogP contribution is -2.37. The molecular formula is C22H25N3O2S2. The number of aromatic nitrogens is 1. The maximum Gasteiger partial charge on any atom is 0.231 e. The molecule has 0 radical (unpaired) electrons. The van der Waals surface area contributed by atoms with E-state index in [0.717, 1.165) is 10.4 Å². The average molecular weight is 428 g/mol. The molecule has 0 saturated carbocycles. The Morgan fingerprint density at radius 3 is 2.41 bits per heavy atom. The molecule has 0 spiro atoms. The lowest BCUT2D eigenvalue weighted by Gasteiger charge is -2.32. The van der Waals surface area contributed by atoms with Gasteiger partial charge in [0.15, 0.2) is 5.13 Å². The number of hydrogen-bond acceptors (Lipinski definition) is 5. The maximum absolute atomic E-state index is 12.7. The molecule has 7 heteroatoms. The normalized spacial score (nSPS) is 12.4. The van der Waals surface area contributed by atoms with Gasteiger partial charge < -0.3 is 10.6 Å². The number of nitrogens with one attached hydrogen (secondary N) is 2. The molecule has 3 aromatic rings. The fourth-order valence-electron chi connectivity index (χ4n) is 3.00. The highest BCUT2D eigenvalue weighted by Crippen LogP contribution is 2.32. The molecule has 0 saturated heterocycles. The molecule has 0 aliphatic heterocycles. The lowest BCUT2D eigenvalue weighted by molar-refractivity contribution is -0.122. The van der Waals surface area contributed by atoms with Crippen molar-refractivity contribution in [3.63, 3.8) is 0 Å². The number of anilines is 1. The Kier molecular flexibility index (Phi) is 6.82. The van der Waals surface area contributed by atoms with Crippen molar-refractivity contribution in [2.24, 2.45) is 5.41 Å². The van der Waals surface area contributed by atoms with Crippen molar-refractivity contribution < 1.29 is 9.59 Å². The summed E-state index contributed by atoms with van der Waals surface area (Å²) in [4.78, 5) is 30.2.